The van der Waals surface area contributed by atoms with Crippen LogP contribution in [0.3, 0.4) is 0 Å². The van der Waals surface area contributed by atoms with Gasteiger partial charge in [0.15, 0.2) is 6.10 Å². The summed E-state index contributed by atoms with van der Waals surface area (Å²) >= 11 is 3.32. The molecular formula is C15H15BrF3N3O2. The maximum atomic E-state index is 12.3. The van der Waals surface area contributed by atoms with Gasteiger partial charge >= 0.3 is 6.18 Å². The van der Waals surface area contributed by atoms with Crippen molar-refractivity contribution in [3.8, 4) is 5.69 Å². The Bertz CT molecular complexity index is 742. The van der Waals surface area contributed by atoms with Gasteiger partial charge in [0.1, 0.15) is 0 Å². The average molecular weight is 406 g/mol. The van der Waals surface area contributed by atoms with Crippen LogP contribution in [0.5, 0.6) is 0 Å². The predicted molar refractivity (Wildman–Crippen MR) is 85.1 cm³/mol. The van der Waals surface area contributed by atoms with Crippen molar-refractivity contribution in [3.05, 3.63) is 45.7 Å². The number of carbonyl (C=O) groups excluding carboxylic acids is 1. The van der Waals surface area contributed by atoms with Crippen LogP contribution in [0.2, 0.25) is 0 Å². The molecule has 0 saturated heterocycles. The molecule has 0 radical (unpaired) electrons. The van der Waals surface area contributed by atoms with E-state index in [4.69, 9.17) is 5.11 Å². The van der Waals surface area contributed by atoms with Crippen LogP contribution >= 0.6 is 15.9 Å². The Hall–Kier alpha value is -1.87. The van der Waals surface area contributed by atoms with E-state index in [1.54, 1.807) is 26.0 Å². The third kappa shape index (κ3) is 3.96. The normalized spacial score (nSPS) is 13.0. The van der Waals surface area contributed by atoms with Crippen LogP contribution < -0.4 is 5.32 Å². The van der Waals surface area contributed by atoms with Crippen molar-refractivity contribution >= 4 is 21.8 Å². The molecule has 1 amide bonds. The number of aliphatic hydroxyl groups is 1. The van der Waals surface area contributed by atoms with Crippen LogP contribution in [0.25, 0.3) is 5.69 Å². The van der Waals surface area contributed by atoms with Gasteiger partial charge in [-0.15, -0.1) is 0 Å². The summed E-state index contributed by atoms with van der Waals surface area (Å²) in [4.78, 5) is 12.2. The molecule has 1 aromatic heterocycles. The van der Waals surface area contributed by atoms with Crippen LogP contribution in [0.1, 0.15) is 21.7 Å². The highest BCUT2D eigenvalue weighted by atomic mass is 79.9. The van der Waals surface area contributed by atoms with Gasteiger partial charge in [-0.2, -0.15) is 18.3 Å². The van der Waals surface area contributed by atoms with E-state index in [9.17, 15) is 18.0 Å². The van der Waals surface area contributed by atoms with E-state index in [2.05, 4.69) is 26.3 Å². The molecule has 5 nitrogen and oxygen atoms in total. The van der Waals surface area contributed by atoms with E-state index in [0.29, 0.717) is 17.1 Å². The van der Waals surface area contributed by atoms with Crippen molar-refractivity contribution < 1.29 is 23.1 Å². The molecule has 1 heterocycles. The first-order valence-corrected chi connectivity index (χ1v) is 7.75. The topological polar surface area (TPSA) is 67.2 Å². The van der Waals surface area contributed by atoms with Gasteiger partial charge in [-0.1, -0.05) is 15.9 Å². The smallest absolute Gasteiger partial charge is 0.382 e. The number of rotatable bonds is 4. The quantitative estimate of drug-likeness (QED) is 0.821. The molecule has 0 fully saturated rings. The van der Waals surface area contributed by atoms with Crippen LogP contribution in [0.4, 0.5) is 13.2 Å². The van der Waals surface area contributed by atoms with Crippen molar-refractivity contribution in [1.29, 1.82) is 0 Å². The zero-order chi connectivity index (χ0) is 18.1. The van der Waals surface area contributed by atoms with E-state index < -0.39 is 24.7 Å². The average Bonchev–Trinajstić information content (AvgIpc) is 2.79. The Labute approximate surface area is 144 Å². The Morgan fingerprint density at radius 1 is 1.33 bits per heavy atom. The third-order valence-corrected chi connectivity index (χ3v) is 3.95. The third-order valence-electron chi connectivity index (χ3n) is 3.42. The molecular weight excluding hydrogens is 391 g/mol. The summed E-state index contributed by atoms with van der Waals surface area (Å²) in [6, 6.07) is 7.20. The van der Waals surface area contributed by atoms with Crippen molar-refractivity contribution in [1.82, 2.24) is 15.1 Å². The lowest BCUT2D eigenvalue weighted by Crippen LogP contribution is -2.40. The van der Waals surface area contributed by atoms with Gasteiger partial charge in [0.2, 0.25) is 0 Å². The van der Waals surface area contributed by atoms with Gasteiger partial charge in [0, 0.05) is 4.47 Å². The second-order valence-electron chi connectivity index (χ2n) is 5.20. The molecule has 130 valence electrons. The van der Waals surface area contributed by atoms with Crippen LogP contribution in [0.15, 0.2) is 28.7 Å². The number of halogens is 4. The van der Waals surface area contributed by atoms with Crippen molar-refractivity contribution in [2.24, 2.45) is 0 Å². The van der Waals surface area contributed by atoms with Crippen LogP contribution in [-0.4, -0.2) is 39.6 Å². The van der Waals surface area contributed by atoms with E-state index >= 15 is 0 Å². The highest BCUT2D eigenvalue weighted by Crippen LogP contribution is 2.21. The molecule has 2 aromatic rings. The Morgan fingerprint density at radius 2 is 1.92 bits per heavy atom. The van der Waals surface area contributed by atoms with Gasteiger partial charge in [-0.3, -0.25) is 4.79 Å². The van der Waals surface area contributed by atoms with Crippen LogP contribution in [0, 0.1) is 13.8 Å². The lowest BCUT2D eigenvalue weighted by atomic mass is 10.1. The van der Waals surface area contributed by atoms with Gasteiger partial charge in [0.05, 0.1) is 29.2 Å². The molecule has 0 aliphatic heterocycles. The minimum atomic E-state index is -4.78. The molecule has 0 aliphatic carbocycles. The van der Waals surface area contributed by atoms with E-state index in [-0.39, 0.29) is 5.56 Å². The highest BCUT2D eigenvalue weighted by Gasteiger charge is 2.38. The summed E-state index contributed by atoms with van der Waals surface area (Å²) in [7, 11) is 0. The number of aliphatic hydroxyl groups excluding tert-OH is 1. The molecule has 0 saturated carbocycles. The summed E-state index contributed by atoms with van der Waals surface area (Å²) in [5.41, 5.74) is 1.78. The standard InChI is InChI=1S/C15H15BrF3N3O2/c1-8-13(14(24)20-7-12(23)15(17,18)19)9(2)22(21-8)11-5-3-10(16)4-6-11/h3-6,12,23H,7H2,1-2H3,(H,20,24)/t12-/m0/s1. The van der Waals surface area contributed by atoms with Gasteiger partial charge in [-0.05, 0) is 38.1 Å². The fraction of sp³-hybridized carbons (Fsp3) is 0.333. The monoisotopic (exact) mass is 405 g/mol. The molecule has 0 unspecified atom stereocenters. The molecule has 2 rings (SSSR count). The molecule has 24 heavy (non-hydrogen) atoms. The maximum Gasteiger partial charge on any atom is 0.416 e. The molecule has 1 aromatic carbocycles. The largest absolute Gasteiger partial charge is 0.416 e. The molecule has 9 heteroatoms. The predicted octanol–water partition coefficient (Wildman–Crippen LogP) is 2.90. The molecule has 0 aliphatic rings. The number of alkyl halides is 3. The summed E-state index contributed by atoms with van der Waals surface area (Å²) in [6.07, 6.45) is -7.39. The molecule has 1 atom stereocenters. The SMILES string of the molecule is Cc1nn(-c2ccc(Br)cc2)c(C)c1C(=O)NC[C@H](O)C(F)(F)F. The minimum Gasteiger partial charge on any atom is -0.382 e. The number of nitrogens with zero attached hydrogens (tertiary/aromatic N) is 2. The first-order valence-electron chi connectivity index (χ1n) is 6.96. The summed E-state index contributed by atoms with van der Waals surface area (Å²) in [6.45, 7) is 2.33. The molecule has 2 N–H and O–H groups in total. The first kappa shape index (κ1) is 18.5. The number of benzene rings is 1. The number of aryl methyl sites for hydroxylation is 1. The zero-order valence-corrected chi connectivity index (χ0v) is 14.4. The number of carbonyl (C=O) groups is 1. The van der Waals surface area contributed by atoms with E-state index in [1.165, 1.54) is 4.68 Å². The zero-order valence-electron chi connectivity index (χ0n) is 12.9. The summed E-state index contributed by atoms with van der Waals surface area (Å²) in [5, 5.41) is 15.3. The Balaban J connectivity index is 2.22. The van der Waals surface area contributed by atoms with Gasteiger partial charge < -0.3 is 10.4 Å². The lowest BCUT2D eigenvalue weighted by molar-refractivity contribution is -0.201. The lowest BCUT2D eigenvalue weighted by Gasteiger charge is -2.15. The second-order valence-corrected chi connectivity index (χ2v) is 6.12. The fourth-order valence-corrected chi connectivity index (χ4v) is 2.46. The first-order chi connectivity index (χ1) is 11.1. The second kappa shape index (κ2) is 6.94. The number of aromatic nitrogens is 2. The molecule has 0 spiro atoms. The van der Waals surface area contributed by atoms with Crippen molar-refractivity contribution in [2.45, 2.75) is 26.1 Å². The van der Waals surface area contributed by atoms with Gasteiger partial charge in [0.25, 0.3) is 5.91 Å². The van der Waals surface area contributed by atoms with Crippen molar-refractivity contribution in [2.75, 3.05) is 6.54 Å². The van der Waals surface area contributed by atoms with E-state index in [1.807, 2.05) is 12.1 Å². The fourth-order valence-electron chi connectivity index (χ4n) is 2.20. The number of nitrogens with one attached hydrogen (secondary N) is 1. The van der Waals surface area contributed by atoms with E-state index in [0.717, 1.165) is 4.47 Å². The molecule has 0 bridgehead atoms. The number of hydrogen-bond acceptors (Lipinski definition) is 3. The van der Waals surface area contributed by atoms with Crippen molar-refractivity contribution in [3.63, 3.8) is 0 Å². The highest BCUT2D eigenvalue weighted by molar-refractivity contribution is 9.10. The summed E-state index contributed by atoms with van der Waals surface area (Å²) < 4.78 is 39.3. The number of amides is 1. The summed E-state index contributed by atoms with van der Waals surface area (Å²) in [5.74, 6) is -0.711. The Kier molecular flexibility index (Phi) is 5.34. The minimum absolute atomic E-state index is 0.187. The Morgan fingerprint density at radius 3 is 2.46 bits per heavy atom. The van der Waals surface area contributed by atoms with Crippen LogP contribution in [-0.2, 0) is 0 Å². The van der Waals surface area contributed by atoms with Gasteiger partial charge in [-0.25, -0.2) is 4.68 Å². The maximum absolute atomic E-state index is 12.3. The number of hydrogen-bond donors (Lipinski definition) is 2.